The Labute approximate surface area is 110 Å². The summed E-state index contributed by atoms with van der Waals surface area (Å²) >= 11 is 0. The topological polar surface area (TPSA) is 81.6 Å². The van der Waals surface area contributed by atoms with E-state index in [9.17, 15) is 15.0 Å². The van der Waals surface area contributed by atoms with Crippen molar-refractivity contribution < 1.29 is 15.0 Å². The van der Waals surface area contributed by atoms with Gasteiger partial charge in [-0.1, -0.05) is 26.7 Å². The third-order valence-corrected chi connectivity index (χ3v) is 3.28. The number of amides is 1. The van der Waals surface area contributed by atoms with E-state index in [1.165, 1.54) is 0 Å². The highest BCUT2D eigenvalue weighted by atomic mass is 16.3. The van der Waals surface area contributed by atoms with Gasteiger partial charge < -0.3 is 15.5 Å². The molecule has 0 saturated heterocycles. The molecule has 0 aromatic carbocycles. The van der Waals surface area contributed by atoms with Crippen LogP contribution in [0.2, 0.25) is 0 Å². The van der Waals surface area contributed by atoms with Crippen molar-refractivity contribution in [3.8, 4) is 0 Å². The first-order chi connectivity index (χ1) is 8.55. The molecule has 0 aromatic rings. The fourth-order valence-electron chi connectivity index (χ4n) is 1.73. The van der Waals surface area contributed by atoms with E-state index >= 15 is 0 Å². The van der Waals surface area contributed by atoms with Gasteiger partial charge in [-0.3, -0.25) is 10.1 Å². The van der Waals surface area contributed by atoms with E-state index in [0.717, 1.165) is 19.3 Å². The van der Waals surface area contributed by atoms with Crippen molar-refractivity contribution in [1.82, 2.24) is 10.6 Å². The van der Waals surface area contributed by atoms with E-state index < -0.39 is 11.6 Å². The normalized spacial score (nSPS) is 13.4. The lowest BCUT2D eigenvalue weighted by Crippen LogP contribution is -2.58. The zero-order valence-corrected chi connectivity index (χ0v) is 11.8. The second-order valence-corrected chi connectivity index (χ2v) is 4.81. The Morgan fingerprint density at radius 2 is 1.83 bits per heavy atom. The summed E-state index contributed by atoms with van der Waals surface area (Å²) in [4.78, 5) is 11.8. The number of carbonyl (C=O) groups is 1. The van der Waals surface area contributed by atoms with Gasteiger partial charge in [0.25, 0.3) is 0 Å². The molecular formula is C13H28N2O3. The van der Waals surface area contributed by atoms with Crippen LogP contribution in [-0.2, 0) is 4.79 Å². The van der Waals surface area contributed by atoms with Crippen LogP contribution in [0.4, 0.5) is 0 Å². The minimum Gasteiger partial charge on any atom is -0.394 e. The second-order valence-electron chi connectivity index (χ2n) is 4.81. The average molecular weight is 260 g/mol. The predicted octanol–water partition coefficient (Wildman–Crippen LogP) is 0.404. The van der Waals surface area contributed by atoms with E-state index in [1.54, 1.807) is 6.92 Å². The molecule has 1 amide bonds. The molecule has 1 atom stereocenters. The number of hydrogen-bond acceptors (Lipinski definition) is 4. The molecule has 0 fully saturated rings. The molecule has 0 saturated carbocycles. The third kappa shape index (κ3) is 5.80. The molecule has 0 spiro atoms. The van der Waals surface area contributed by atoms with Gasteiger partial charge in [0, 0.05) is 6.54 Å². The lowest BCUT2D eigenvalue weighted by atomic mass is 9.97. The fraction of sp³-hybridized carbons (Fsp3) is 0.923. The van der Waals surface area contributed by atoms with Crippen molar-refractivity contribution >= 4 is 5.91 Å². The monoisotopic (exact) mass is 260 g/mol. The predicted molar refractivity (Wildman–Crippen MR) is 72.3 cm³/mol. The molecule has 0 heterocycles. The zero-order valence-electron chi connectivity index (χ0n) is 11.8. The zero-order chi connectivity index (χ0) is 14.0. The summed E-state index contributed by atoms with van der Waals surface area (Å²) in [6, 6.07) is -0.425. The molecule has 5 heteroatoms. The highest BCUT2D eigenvalue weighted by Crippen LogP contribution is 2.09. The van der Waals surface area contributed by atoms with Gasteiger partial charge in [-0.15, -0.1) is 0 Å². The van der Waals surface area contributed by atoms with Gasteiger partial charge in [0.15, 0.2) is 0 Å². The molecule has 0 radical (unpaired) electrons. The Morgan fingerprint density at radius 3 is 2.28 bits per heavy atom. The van der Waals surface area contributed by atoms with Crippen molar-refractivity contribution in [1.29, 1.82) is 0 Å². The molecule has 4 N–H and O–H groups in total. The van der Waals surface area contributed by atoms with Gasteiger partial charge >= 0.3 is 0 Å². The van der Waals surface area contributed by atoms with Crippen LogP contribution >= 0.6 is 0 Å². The van der Waals surface area contributed by atoms with Gasteiger partial charge in [-0.2, -0.15) is 0 Å². The molecule has 0 rings (SSSR count). The number of unbranched alkanes of at least 4 members (excludes halogenated alkanes) is 2. The Kier molecular flexibility index (Phi) is 8.97. The fourth-order valence-corrected chi connectivity index (χ4v) is 1.73. The first-order valence-corrected chi connectivity index (χ1v) is 6.82. The average Bonchev–Trinajstić information content (AvgIpc) is 2.40. The lowest BCUT2D eigenvalue weighted by Gasteiger charge is -2.32. The largest absolute Gasteiger partial charge is 0.394 e. The van der Waals surface area contributed by atoms with E-state index in [2.05, 4.69) is 17.6 Å². The maximum atomic E-state index is 11.8. The van der Waals surface area contributed by atoms with Gasteiger partial charge in [-0.25, -0.2) is 0 Å². The van der Waals surface area contributed by atoms with Crippen LogP contribution in [0.1, 0.15) is 46.5 Å². The molecule has 0 aliphatic carbocycles. The van der Waals surface area contributed by atoms with Crippen molar-refractivity contribution in [3.05, 3.63) is 0 Å². The molecule has 0 bridgehead atoms. The molecule has 18 heavy (non-hydrogen) atoms. The van der Waals surface area contributed by atoms with E-state index in [-0.39, 0.29) is 19.1 Å². The molecule has 108 valence electrons. The van der Waals surface area contributed by atoms with Crippen LogP contribution < -0.4 is 10.6 Å². The molecule has 1 unspecified atom stereocenters. The number of nitrogens with one attached hydrogen (secondary N) is 2. The van der Waals surface area contributed by atoms with Gasteiger partial charge in [0.05, 0.1) is 24.8 Å². The van der Waals surface area contributed by atoms with Gasteiger partial charge in [0.2, 0.25) is 5.91 Å². The van der Waals surface area contributed by atoms with Crippen molar-refractivity contribution in [3.63, 3.8) is 0 Å². The summed E-state index contributed by atoms with van der Waals surface area (Å²) in [5, 5.41) is 24.5. The molecule has 0 aromatic heterocycles. The van der Waals surface area contributed by atoms with Crippen LogP contribution in [0.25, 0.3) is 0 Å². The quantitative estimate of drug-likeness (QED) is 0.429. The second kappa shape index (κ2) is 9.30. The highest BCUT2D eigenvalue weighted by Gasteiger charge is 2.30. The van der Waals surface area contributed by atoms with Crippen LogP contribution in [0.3, 0.4) is 0 Å². The molecule has 0 aliphatic heterocycles. The highest BCUT2D eigenvalue weighted by molar-refractivity contribution is 5.81. The summed E-state index contributed by atoms with van der Waals surface area (Å²) in [6.07, 6.45) is 3.77. The van der Waals surface area contributed by atoms with Gasteiger partial charge in [-0.05, 0) is 19.8 Å². The smallest absolute Gasteiger partial charge is 0.236 e. The van der Waals surface area contributed by atoms with E-state index in [1.807, 2.05) is 6.92 Å². The van der Waals surface area contributed by atoms with Crippen LogP contribution in [0.5, 0.6) is 0 Å². The Hall–Kier alpha value is -0.650. The summed E-state index contributed by atoms with van der Waals surface area (Å²) in [5.41, 5.74) is -0.778. The molecule has 5 nitrogen and oxygen atoms in total. The summed E-state index contributed by atoms with van der Waals surface area (Å²) in [5.74, 6) is -0.0918. The molecular weight excluding hydrogens is 232 g/mol. The number of aliphatic hydroxyl groups excluding tert-OH is 2. The van der Waals surface area contributed by atoms with Gasteiger partial charge in [0.1, 0.15) is 0 Å². The van der Waals surface area contributed by atoms with Crippen LogP contribution in [-0.4, -0.2) is 47.5 Å². The third-order valence-electron chi connectivity index (χ3n) is 3.28. The first kappa shape index (κ1) is 17.4. The van der Waals surface area contributed by atoms with Crippen molar-refractivity contribution in [2.75, 3.05) is 19.8 Å². The molecule has 0 aliphatic rings. The maximum Gasteiger partial charge on any atom is 0.236 e. The van der Waals surface area contributed by atoms with Crippen molar-refractivity contribution in [2.45, 2.75) is 58.0 Å². The van der Waals surface area contributed by atoms with Crippen LogP contribution in [0, 0.1) is 0 Å². The summed E-state index contributed by atoms with van der Waals surface area (Å²) in [6.45, 7) is 6.03. The Balaban J connectivity index is 4.13. The number of rotatable bonds is 10. The number of carbonyl (C=O) groups excluding carboxylic acids is 1. The Bertz CT molecular complexity index is 222. The first-order valence-electron chi connectivity index (χ1n) is 6.82. The summed E-state index contributed by atoms with van der Waals surface area (Å²) in [7, 11) is 0. The van der Waals surface area contributed by atoms with E-state index in [0.29, 0.717) is 13.0 Å². The SMILES string of the molecule is CCCCCNC(=O)C(C)NC(CC)(CO)CO. The van der Waals surface area contributed by atoms with Crippen LogP contribution in [0.15, 0.2) is 0 Å². The van der Waals surface area contributed by atoms with E-state index in [4.69, 9.17) is 0 Å². The minimum atomic E-state index is -0.778. The Morgan fingerprint density at radius 1 is 1.22 bits per heavy atom. The number of aliphatic hydroxyl groups is 2. The maximum absolute atomic E-state index is 11.8. The van der Waals surface area contributed by atoms with Crippen molar-refractivity contribution in [2.24, 2.45) is 0 Å². The minimum absolute atomic E-state index is 0.0918. The summed E-state index contributed by atoms with van der Waals surface area (Å²) < 4.78 is 0. The standard InChI is InChI=1S/C13H28N2O3/c1-4-6-7-8-14-12(18)11(3)15-13(5-2,9-16)10-17/h11,15-17H,4-10H2,1-3H3,(H,14,18). The number of hydrogen-bond donors (Lipinski definition) is 4. The lowest BCUT2D eigenvalue weighted by molar-refractivity contribution is -0.123.